The van der Waals surface area contributed by atoms with Crippen molar-refractivity contribution in [1.29, 1.82) is 0 Å². The molecule has 0 N–H and O–H groups in total. The van der Waals surface area contributed by atoms with Gasteiger partial charge in [-0.25, -0.2) is 13.4 Å². The summed E-state index contributed by atoms with van der Waals surface area (Å²) in [5.74, 6) is -0.333. The normalized spacial score (nSPS) is 11.5. The lowest BCUT2D eigenvalue weighted by Gasteiger charge is -2.20. The highest BCUT2D eigenvalue weighted by atomic mass is 32.2. The predicted molar refractivity (Wildman–Crippen MR) is 114 cm³/mol. The molecule has 2 aromatic heterocycles. The zero-order chi connectivity index (χ0) is 20.4. The molecule has 8 heteroatoms. The van der Waals surface area contributed by atoms with Gasteiger partial charge in [0, 0.05) is 18.0 Å². The van der Waals surface area contributed by atoms with Crippen molar-refractivity contribution in [1.82, 2.24) is 9.97 Å². The number of sulfone groups is 1. The first-order valence-electron chi connectivity index (χ1n) is 8.79. The minimum absolute atomic E-state index is 0.102. The summed E-state index contributed by atoms with van der Waals surface area (Å²) in [5.41, 5.74) is 1.79. The smallest absolute Gasteiger partial charge is 0.260 e. The number of carbonyl (C=O) groups is 1. The second-order valence-corrected chi connectivity index (χ2v) is 9.50. The molecular weight excluding hydrogens is 406 g/mol. The number of nitrogens with zero attached hydrogens (tertiary/aromatic N) is 3. The van der Waals surface area contributed by atoms with Gasteiger partial charge in [-0.05, 0) is 42.5 Å². The van der Waals surface area contributed by atoms with Crippen molar-refractivity contribution < 1.29 is 13.2 Å². The van der Waals surface area contributed by atoms with E-state index in [0.717, 1.165) is 16.5 Å². The van der Waals surface area contributed by atoms with Crippen molar-refractivity contribution in [3.8, 4) is 0 Å². The molecule has 0 atom stereocenters. The first-order chi connectivity index (χ1) is 13.9. The molecule has 2 aromatic carbocycles. The summed E-state index contributed by atoms with van der Waals surface area (Å²) in [6.07, 6.45) is 2.79. The van der Waals surface area contributed by atoms with Crippen LogP contribution in [-0.4, -0.2) is 30.5 Å². The second kappa shape index (κ2) is 7.73. The van der Waals surface area contributed by atoms with Crippen LogP contribution in [-0.2, 0) is 16.4 Å². The molecule has 1 amide bonds. The fraction of sp³-hybridized carbons (Fsp3) is 0.0952. The number of amides is 1. The third-order valence-corrected chi connectivity index (χ3v) is 6.48. The summed E-state index contributed by atoms with van der Waals surface area (Å²) in [5, 5.41) is 0.534. The Morgan fingerprint density at radius 1 is 1.03 bits per heavy atom. The molecule has 2 heterocycles. The maximum absolute atomic E-state index is 13.4. The summed E-state index contributed by atoms with van der Waals surface area (Å²) in [7, 11) is -3.42. The quantitative estimate of drug-likeness (QED) is 0.486. The average molecular weight is 424 g/mol. The Morgan fingerprint density at radius 2 is 1.83 bits per heavy atom. The van der Waals surface area contributed by atoms with Gasteiger partial charge in [0.1, 0.15) is 0 Å². The maximum Gasteiger partial charge on any atom is 0.260 e. The van der Waals surface area contributed by atoms with E-state index in [1.165, 1.54) is 28.4 Å². The summed E-state index contributed by atoms with van der Waals surface area (Å²) < 4.78 is 24.8. The highest BCUT2D eigenvalue weighted by molar-refractivity contribution is 7.90. The van der Waals surface area contributed by atoms with Gasteiger partial charge >= 0.3 is 0 Å². The van der Waals surface area contributed by atoms with E-state index in [1.807, 2.05) is 42.5 Å². The van der Waals surface area contributed by atoms with Gasteiger partial charge in [0.15, 0.2) is 15.0 Å². The zero-order valence-corrected chi connectivity index (χ0v) is 17.2. The van der Waals surface area contributed by atoms with Crippen LogP contribution in [0.4, 0.5) is 5.13 Å². The number of para-hydroxylation sites is 1. The van der Waals surface area contributed by atoms with Crippen molar-refractivity contribution in [2.24, 2.45) is 0 Å². The van der Waals surface area contributed by atoms with Crippen LogP contribution in [0.3, 0.4) is 0 Å². The molecule has 6 nitrogen and oxygen atoms in total. The summed E-state index contributed by atoms with van der Waals surface area (Å²) in [6.45, 7) is 0.225. The third kappa shape index (κ3) is 4.18. The summed E-state index contributed by atoms with van der Waals surface area (Å²) >= 11 is 1.41. The largest absolute Gasteiger partial charge is 0.278 e. The van der Waals surface area contributed by atoms with Crippen LogP contribution in [0.15, 0.2) is 77.8 Å². The van der Waals surface area contributed by atoms with Crippen LogP contribution in [0.2, 0.25) is 0 Å². The topological polar surface area (TPSA) is 80.2 Å². The van der Waals surface area contributed by atoms with Gasteiger partial charge in [-0.2, -0.15) is 0 Å². The minimum Gasteiger partial charge on any atom is -0.278 e. The number of fused-ring (bicyclic) bond motifs is 1. The van der Waals surface area contributed by atoms with E-state index in [9.17, 15) is 13.2 Å². The van der Waals surface area contributed by atoms with E-state index in [4.69, 9.17) is 0 Å². The molecule has 29 heavy (non-hydrogen) atoms. The number of carbonyl (C=O) groups excluding carboxylic acids is 1. The van der Waals surface area contributed by atoms with Crippen LogP contribution in [0, 0.1) is 0 Å². The van der Waals surface area contributed by atoms with E-state index in [1.54, 1.807) is 18.3 Å². The Hall–Kier alpha value is -3.10. The number of hydrogen-bond donors (Lipinski definition) is 0. The van der Waals surface area contributed by atoms with Gasteiger partial charge in [-0.1, -0.05) is 35.6 Å². The van der Waals surface area contributed by atoms with Crippen LogP contribution >= 0.6 is 11.3 Å². The van der Waals surface area contributed by atoms with E-state index in [0.29, 0.717) is 10.8 Å². The number of hydrogen-bond acceptors (Lipinski definition) is 6. The molecule has 4 aromatic rings. The summed E-state index contributed by atoms with van der Waals surface area (Å²) in [6, 6.07) is 19.2. The van der Waals surface area contributed by atoms with Crippen molar-refractivity contribution in [2.75, 3.05) is 11.2 Å². The lowest BCUT2D eigenvalue weighted by Crippen LogP contribution is -2.30. The highest BCUT2D eigenvalue weighted by Gasteiger charge is 2.23. The number of pyridine rings is 1. The Balaban J connectivity index is 1.78. The van der Waals surface area contributed by atoms with Crippen LogP contribution in [0.5, 0.6) is 0 Å². The average Bonchev–Trinajstić information content (AvgIpc) is 3.16. The molecule has 0 saturated carbocycles. The van der Waals surface area contributed by atoms with Gasteiger partial charge in [-0.15, -0.1) is 0 Å². The minimum atomic E-state index is -3.42. The molecule has 0 unspecified atom stereocenters. The van der Waals surface area contributed by atoms with E-state index >= 15 is 0 Å². The van der Waals surface area contributed by atoms with Gasteiger partial charge in [-0.3, -0.25) is 14.7 Å². The molecule has 4 rings (SSSR count). The first kappa shape index (κ1) is 19.2. The third-order valence-electron chi connectivity index (χ3n) is 4.31. The summed E-state index contributed by atoms with van der Waals surface area (Å²) in [4.78, 5) is 23.9. The predicted octanol–water partition coefficient (Wildman–Crippen LogP) is 3.94. The number of aromatic nitrogens is 2. The lowest BCUT2D eigenvalue weighted by atomic mass is 10.2. The Kier molecular flexibility index (Phi) is 5.12. The van der Waals surface area contributed by atoms with Crippen molar-refractivity contribution in [2.45, 2.75) is 11.4 Å². The molecule has 0 aliphatic heterocycles. The van der Waals surface area contributed by atoms with E-state index in [-0.39, 0.29) is 22.9 Å². The molecule has 0 aliphatic rings. The second-order valence-electron chi connectivity index (χ2n) is 6.48. The standard InChI is InChI=1S/C21H17N3O3S2/c1-29(26,27)17-9-6-7-15(13-17)20(25)24(14-16-8-4-5-12-22-16)21-23-18-10-2-3-11-19(18)28-21/h2-13H,14H2,1H3. The molecule has 146 valence electrons. The number of rotatable bonds is 5. The molecule has 0 fully saturated rings. The number of thiazole rings is 1. The van der Waals surface area contributed by atoms with Crippen LogP contribution < -0.4 is 4.90 Å². The van der Waals surface area contributed by atoms with Gasteiger partial charge in [0.05, 0.1) is 27.4 Å². The SMILES string of the molecule is CS(=O)(=O)c1cccc(C(=O)N(Cc2ccccn2)c2nc3ccccc3s2)c1. The van der Waals surface area contributed by atoms with Gasteiger partial charge in [0.25, 0.3) is 5.91 Å². The molecular formula is C21H17N3O3S2. The van der Waals surface area contributed by atoms with Crippen molar-refractivity contribution in [3.05, 3.63) is 84.2 Å². The lowest BCUT2D eigenvalue weighted by molar-refractivity contribution is 0.0984. The van der Waals surface area contributed by atoms with E-state index < -0.39 is 9.84 Å². The van der Waals surface area contributed by atoms with E-state index in [2.05, 4.69) is 9.97 Å². The van der Waals surface area contributed by atoms with Crippen LogP contribution in [0.25, 0.3) is 10.2 Å². The fourth-order valence-electron chi connectivity index (χ4n) is 2.87. The maximum atomic E-state index is 13.4. The van der Waals surface area contributed by atoms with Crippen LogP contribution in [0.1, 0.15) is 16.1 Å². The zero-order valence-electron chi connectivity index (χ0n) is 15.5. The van der Waals surface area contributed by atoms with Gasteiger partial charge < -0.3 is 0 Å². The molecule has 0 bridgehead atoms. The molecule has 0 radical (unpaired) electrons. The van der Waals surface area contributed by atoms with Crippen molar-refractivity contribution in [3.63, 3.8) is 0 Å². The molecule has 0 aliphatic carbocycles. The van der Waals surface area contributed by atoms with Gasteiger partial charge in [0.2, 0.25) is 0 Å². The fourth-order valence-corrected chi connectivity index (χ4v) is 4.50. The first-order valence-corrected chi connectivity index (χ1v) is 11.5. The number of anilines is 1. The highest BCUT2D eigenvalue weighted by Crippen LogP contribution is 2.30. The monoisotopic (exact) mass is 423 g/mol. The van der Waals surface area contributed by atoms with Crippen molar-refractivity contribution >= 4 is 42.4 Å². The molecule has 0 spiro atoms. The number of benzene rings is 2. The Labute approximate surface area is 172 Å². The molecule has 0 saturated heterocycles. The Bertz CT molecular complexity index is 1250. The Morgan fingerprint density at radius 3 is 2.55 bits per heavy atom.